The number of ether oxygens (including phenoxy) is 2. The Morgan fingerprint density at radius 1 is 1.21 bits per heavy atom. The molecule has 1 aliphatic carbocycles. The molecule has 0 bridgehead atoms. The van der Waals surface area contributed by atoms with Crippen LogP contribution in [0.3, 0.4) is 0 Å². The summed E-state index contributed by atoms with van der Waals surface area (Å²) >= 11 is 0. The van der Waals surface area contributed by atoms with E-state index in [2.05, 4.69) is 41.2 Å². The van der Waals surface area contributed by atoms with E-state index in [0.29, 0.717) is 12.2 Å². The normalized spacial score (nSPS) is 23.5. The van der Waals surface area contributed by atoms with Gasteiger partial charge in [-0.3, -0.25) is 4.99 Å². The smallest absolute Gasteiger partial charge is 0.231 e. The van der Waals surface area contributed by atoms with Gasteiger partial charge >= 0.3 is 0 Å². The summed E-state index contributed by atoms with van der Waals surface area (Å²) < 4.78 is 11.0. The van der Waals surface area contributed by atoms with Gasteiger partial charge in [-0.05, 0) is 42.4 Å². The zero-order valence-corrected chi connectivity index (χ0v) is 14.9. The van der Waals surface area contributed by atoms with Crippen molar-refractivity contribution in [1.82, 2.24) is 10.2 Å². The third-order valence-electron chi connectivity index (χ3n) is 5.61. The van der Waals surface area contributed by atoms with Crippen molar-refractivity contribution in [3.8, 4) is 11.5 Å². The minimum Gasteiger partial charge on any atom is -0.454 e. The van der Waals surface area contributed by atoms with E-state index >= 15 is 0 Å². The topological polar surface area (TPSA) is 46.1 Å². The molecular weight excluding hydrogens is 302 g/mol. The number of hydrogen-bond donors (Lipinski definition) is 1. The van der Waals surface area contributed by atoms with E-state index in [9.17, 15) is 0 Å². The van der Waals surface area contributed by atoms with E-state index in [4.69, 9.17) is 9.47 Å². The molecular formula is C19H27N3O2. The number of nitrogens with zero attached hydrogens (tertiary/aromatic N) is 2. The molecule has 0 aromatic heterocycles. The van der Waals surface area contributed by atoms with Gasteiger partial charge in [0, 0.05) is 32.1 Å². The molecule has 5 nitrogen and oxygen atoms in total. The molecule has 0 spiro atoms. The molecule has 4 rings (SSSR count). The number of guanidine groups is 1. The lowest BCUT2D eigenvalue weighted by molar-refractivity contribution is 0.174. The first kappa shape index (κ1) is 15.6. The lowest BCUT2D eigenvalue weighted by atomic mass is 9.93. The Morgan fingerprint density at radius 3 is 2.67 bits per heavy atom. The molecule has 1 N–H and O–H groups in total. The minimum absolute atomic E-state index is 0.214. The van der Waals surface area contributed by atoms with Crippen LogP contribution >= 0.6 is 0 Å². The van der Waals surface area contributed by atoms with Gasteiger partial charge in [-0.2, -0.15) is 0 Å². The summed E-state index contributed by atoms with van der Waals surface area (Å²) in [7, 11) is 1.88. The van der Waals surface area contributed by atoms with Crippen LogP contribution in [0, 0.1) is 5.41 Å². The van der Waals surface area contributed by atoms with Crippen molar-refractivity contribution in [2.75, 3.05) is 33.5 Å². The summed E-state index contributed by atoms with van der Waals surface area (Å²) in [4.78, 5) is 6.89. The summed E-state index contributed by atoms with van der Waals surface area (Å²) in [6.07, 6.45) is 3.64. The SMILES string of the molecule is CN=C(NCC1(c2ccc3c(c2)OCO3)CC1)N1CCC(C)(C)C1. The fourth-order valence-corrected chi connectivity index (χ4v) is 3.82. The minimum atomic E-state index is 0.214. The number of fused-ring (bicyclic) bond motifs is 1. The highest BCUT2D eigenvalue weighted by Gasteiger charge is 2.45. The van der Waals surface area contributed by atoms with Gasteiger partial charge in [-0.15, -0.1) is 0 Å². The molecule has 0 amide bonds. The van der Waals surface area contributed by atoms with Crippen LogP contribution in [0.25, 0.3) is 0 Å². The van der Waals surface area contributed by atoms with Crippen molar-refractivity contribution < 1.29 is 9.47 Å². The fraction of sp³-hybridized carbons (Fsp3) is 0.632. The Bertz CT molecular complexity index is 665. The van der Waals surface area contributed by atoms with E-state index < -0.39 is 0 Å². The second-order valence-corrected chi connectivity index (χ2v) is 8.08. The second-order valence-electron chi connectivity index (χ2n) is 8.08. The maximum absolute atomic E-state index is 5.54. The van der Waals surface area contributed by atoms with Crippen molar-refractivity contribution in [2.24, 2.45) is 10.4 Å². The van der Waals surface area contributed by atoms with Crippen LogP contribution in [-0.2, 0) is 5.41 Å². The highest BCUT2D eigenvalue weighted by Crippen LogP contribution is 2.50. The van der Waals surface area contributed by atoms with Gasteiger partial charge in [-0.25, -0.2) is 0 Å². The van der Waals surface area contributed by atoms with Crippen LogP contribution in [-0.4, -0.2) is 44.3 Å². The van der Waals surface area contributed by atoms with Crippen LogP contribution in [0.2, 0.25) is 0 Å². The number of nitrogens with one attached hydrogen (secondary N) is 1. The summed E-state index contributed by atoms with van der Waals surface area (Å²) in [5.74, 6) is 2.77. The van der Waals surface area contributed by atoms with Crippen molar-refractivity contribution >= 4 is 5.96 Å². The maximum atomic E-state index is 5.54. The van der Waals surface area contributed by atoms with Gasteiger partial charge < -0.3 is 19.7 Å². The van der Waals surface area contributed by atoms with Crippen LogP contribution in [0.15, 0.2) is 23.2 Å². The summed E-state index contributed by atoms with van der Waals surface area (Å²) in [6.45, 7) is 8.08. The number of rotatable bonds is 3. The Balaban J connectivity index is 1.43. The number of hydrogen-bond acceptors (Lipinski definition) is 3. The third kappa shape index (κ3) is 2.80. The van der Waals surface area contributed by atoms with E-state index in [1.54, 1.807) is 0 Å². The molecule has 1 aromatic carbocycles. The first-order valence-electron chi connectivity index (χ1n) is 8.87. The maximum Gasteiger partial charge on any atom is 0.231 e. The van der Waals surface area contributed by atoms with Crippen LogP contribution in [0.4, 0.5) is 0 Å². The first-order valence-corrected chi connectivity index (χ1v) is 8.87. The van der Waals surface area contributed by atoms with Crippen molar-refractivity contribution in [2.45, 2.75) is 38.5 Å². The largest absolute Gasteiger partial charge is 0.454 e. The average molecular weight is 329 g/mol. The summed E-state index contributed by atoms with van der Waals surface area (Å²) in [6, 6.07) is 6.37. The lowest BCUT2D eigenvalue weighted by Gasteiger charge is -2.26. The number of aliphatic imine (C=N–C) groups is 1. The summed E-state index contributed by atoms with van der Waals surface area (Å²) in [5, 5.41) is 3.62. The van der Waals surface area contributed by atoms with E-state index in [-0.39, 0.29) is 5.41 Å². The predicted molar refractivity (Wildman–Crippen MR) is 94.8 cm³/mol. The van der Waals surface area contributed by atoms with Gasteiger partial charge in [0.15, 0.2) is 17.5 Å². The first-order chi connectivity index (χ1) is 11.5. The molecule has 5 heteroatoms. The summed E-state index contributed by atoms with van der Waals surface area (Å²) in [5.41, 5.74) is 1.94. The molecule has 24 heavy (non-hydrogen) atoms. The van der Waals surface area contributed by atoms with Gasteiger partial charge in [0.1, 0.15) is 0 Å². The van der Waals surface area contributed by atoms with Gasteiger partial charge in [0.05, 0.1) is 0 Å². The molecule has 0 unspecified atom stereocenters. The quantitative estimate of drug-likeness (QED) is 0.684. The van der Waals surface area contributed by atoms with E-state index in [1.807, 2.05) is 13.1 Å². The standard InChI is InChI=1S/C19H27N3O2/c1-18(2)8-9-22(12-18)17(20-3)21-11-19(6-7-19)14-4-5-15-16(10-14)24-13-23-15/h4-5,10H,6-9,11-13H2,1-3H3,(H,20,21). The molecule has 3 aliphatic rings. The number of benzene rings is 1. The Labute approximate surface area is 144 Å². The molecule has 2 heterocycles. The monoisotopic (exact) mass is 329 g/mol. The molecule has 130 valence electrons. The van der Waals surface area contributed by atoms with E-state index in [0.717, 1.165) is 37.1 Å². The van der Waals surface area contributed by atoms with Crippen LogP contribution < -0.4 is 14.8 Å². The third-order valence-corrected chi connectivity index (χ3v) is 5.61. The molecule has 0 radical (unpaired) electrons. The van der Waals surface area contributed by atoms with Gasteiger partial charge in [-0.1, -0.05) is 19.9 Å². The number of likely N-dealkylation sites (tertiary alicyclic amines) is 1. The van der Waals surface area contributed by atoms with Crippen molar-refractivity contribution in [1.29, 1.82) is 0 Å². The van der Waals surface area contributed by atoms with Crippen molar-refractivity contribution in [3.63, 3.8) is 0 Å². The van der Waals surface area contributed by atoms with Crippen LogP contribution in [0.5, 0.6) is 11.5 Å². The highest BCUT2D eigenvalue weighted by atomic mass is 16.7. The molecule has 2 fully saturated rings. The second kappa shape index (κ2) is 5.57. The Kier molecular flexibility index (Phi) is 3.62. The predicted octanol–water partition coefficient (Wildman–Crippen LogP) is 2.75. The van der Waals surface area contributed by atoms with Gasteiger partial charge in [0.2, 0.25) is 6.79 Å². The molecule has 1 aromatic rings. The average Bonchev–Trinajstić information content (AvgIpc) is 3.05. The lowest BCUT2D eigenvalue weighted by Crippen LogP contribution is -2.43. The zero-order valence-electron chi connectivity index (χ0n) is 14.9. The highest BCUT2D eigenvalue weighted by molar-refractivity contribution is 5.80. The Hall–Kier alpha value is -1.91. The fourth-order valence-electron chi connectivity index (χ4n) is 3.82. The molecule has 1 saturated heterocycles. The Morgan fingerprint density at radius 2 is 2.00 bits per heavy atom. The van der Waals surface area contributed by atoms with E-state index in [1.165, 1.54) is 24.8 Å². The zero-order chi connectivity index (χ0) is 16.8. The van der Waals surface area contributed by atoms with Gasteiger partial charge in [0.25, 0.3) is 0 Å². The van der Waals surface area contributed by atoms with Crippen LogP contribution in [0.1, 0.15) is 38.7 Å². The molecule has 1 saturated carbocycles. The molecule has 2 aliphatic heterocycles. The molecule has 0 atom stereocenters. The van der Waals surface area contributed by atoms with Crippen molar-refractivity contribution in [3.05, 3.63) is 23.8 Å².